The maximum Gasteiger partial charge on any atom is 0.356 e. The first-order valence-electron chi connectivity index (χ1n) is 5.26. The standard InChI is InChI=1S/C12H9I2NO2/c13-5-7-6-15-9-4-2-1-3-8(9)10(14)11(15)12(16)17-7/h1-4,7H,5-6H2. The van der Waals surface area contributed by atoms with E-state index in [-0.39, 0.29) is 12.1 Å². The normalized spacial score (nSPS) is 19.2. The van der Waals surface area contributed by atoms with E-state index in [4.69, 9.17) is 4.74 Å². The molecule has 17 heavy (non-hydrogen) atoms. The molecule has 1 atom stereocenters. The van der Waals surface area contributed by atoms with Crippen molar-refractivity contribution in [2.45, 2.75) is 12.6 Å². The highest BCUT2D eigenvalue weighted by Gasteiger charge is 2.30. The van der Waals surface area contributed by atoms with Gasteiger partial charge in [0, 0.05) is 15.3 Å². The van der Waals surface area contributed by atoms with E-state index >= 15 is 0 Å². The van der Waals surface area contributed by atoms with Crippen LogP contribution in [0, 0.1) is 3.57 Å². The summed E-state index contributed by atoms with van der Waals surface area (Å²) in [5, 5.41) is 1.13. The molecule has 0 radical (unpaired) electrons. The monoisotopic (exact) mass is 453 g/mol. The number of cyclic esters (lactones) is 1. The van der Waals surface area contributed by atoms with E-state index in [1.807, 2.05) is 12.1 Å². The minimum Gasteiger partial charge on any atom is -0.455 e. The summed E-state index contributed by atoms with van der Waals surface area (Å²) in [6.07, 6.45) is -0.0118. The van der Waals surface area contributed by atoms with Crippen molar-refractivity contribution in [1.82, 2.24) is 4.57 Å². The molecule has 1 aliphatic rings. The molecule has 2 aromatic rings. The van der Waals surface area contributed by atoms with E-state index in [1.165, 1.54) is 0 Å². The number of hydrogen-bond acceptors (Lipinski definition) is 2. The molecule has 0 fully saturated rings. The summed E-state index contributed by atoms with van der Waals surface area (Å²) < 4.78 is 9.31. The number of rotatable bonds is 1. The molecule has 0 saturated carbocycles. The lowest BCUT2D eigenvalue weighted by molar-refractivity contribution is 0.0234. The van der Waals surface area contributed by atoms with Gasteiger partial charge in [-0.1, -0.05) is 40.8 Å². The number of benzene rings is 1. The molecule has 5 heteroatoms. The number of carbonyl (C=O) groups excluding carboxylic acids is 1. The molecule has 0 N–H and O–H groups in total. The van der Waals surface area contributed by atoms with Gasteiger partial charge in [-0.25, -0.2) is 4.79 Å². The van der Waals surface area contributed by atoms with Crippen molar-refractivity contribution in [3.05, 3.63) is 33.5 Å². The fourth-order valence-corrected chi connectivity index (χ4v) is 3.60. The van der Waals surface area contributed by atoms with Crippen LogP contribution in [0.25, 0.3) is 10.9 Å². The molecule has 0 saturated heterocycles. The predicted octanol–water partition coefficient (Wildman–Crippen LogP) is 3.22. The van der Waals surface area contributed by atoms with Crippen molar-refractivity contribution in [1.29, 1.82) is 0 Å². The van der Waals surface area contributed by atoms with Crippen LogP contribution in [0.1, 0.15) is 10.5 Å². The van der Waals surface area contributed by atoms with Crippen LogP contribution in [0.2, 0.25) is 0 Å². The summed E-state index contributed by atoms with van der Waals surface area (Å²) in [5.74, 6) is -0.196. The van der Waals surface area contributed by atoms with Crippen LogP contribution < -0.4 is 0 Å². The van der Waals surface area contributed by atoms with Crippen LogP contribution in [0.5, 0.6) is 0 Å². The molecule has 1 unspecified atom stereocenters. The summed E-state index contributed by atoms with van der Waals surface area (Å²) in [6.45, 7) is 0.757. The fourth-order valence-electron chi connectivity index (χ4n) is 2.18. The number of hydrogen-bond donors (Lipinski definition) is 0. The zero-order valence-electron chi connectivity index (χ0n) is 8.82. The van der Waals surface area contributed by atoms with E-state index in [1.54, 1.807) is 0 Å². The van der Waals surface area contributed by atoms with Crippen molar-refractivity contribution in [3.8, 4) is 0 Å². The van der Waals surface area contributed by atoms with E-state index in [9.17, 15) is 4.79 Å². The molecule has 88 valence electrons. The molecule has 0 aliphatic carbocycles. The molecular weight excluding hydrogens is 444 g/mol. The largest absolute Gasteiger partial charge is 0.455 e. The van der Waals surface area contributed by atoms with Gasteiger partial charge in [0.05, 0.1) is 10.1 Å². The summed E-state index contributed by atoms with van der Waals surface area (Å²) in [7, 11) is 0. The minimum absolute atomic E-state index is 0.0118. The topological polar surface area (TPSA) is 31.2 Å². The SMILES string of the molecule is O=C1OC(CI)Cn2c1c(I)c1ccccc12. The number of aromatic nitrogens is 1. The maximum absolute atomic E-state index is 12.0. The third-order valence-corrected chi connectivity index (χ3v) is 5.01. The summed E-state index contributed by atoms with van der Waals surface area (Å²) in [4.78, 5) is 12.0. The molecule has 1 aromatic carbocycles. The van der Waals surface area contributed by atoms with Crippen LogP contribution in [0.15, 0.2) is 24.3 Å². The minimum atomic E-state index is -0.196. The number of fused-ring (bicyclic) bond motifs is 3. The van der Waals surface area contributed by atoms with Gasteiger partial charge < -0.3 is 9.30 Å². The Hall–Kier alpha value is -0.310. The van der Waals surface area contributed by atoms with Crippen LogP contribution in [0.4, 0.5) is 0 Å². The first kappa shape index (κ1) is 11.8. The lowest BCUT2D eigenvalue weighted by Crippen LogP contribution is -2.33. The zero-order valence-corrected chi connectivity index (χ0v) is 13.1. The van der Waals surface area contributed by atoms with E-state index in [2.05, 4.69) is 61.9 Å². The Balaban J connectivity index is 2.29. The van der Waals surface area contributed by atoms with Gasteiger partial charge in [0.1, 0.15) is 11.8 Å². The van der Waals surface area contributed by atoms with Gasteiger partial charge in [-0.3, -0.25) is 0 Å². The summed E-state index contributed by atoms with van der Waals surface area (Å²) >= 11 is 4.48. The van der Waals surface area contributed by atoms with Crippen LogP contribution in [-0.4, -0.2) is 21.1 Å². The highest BCUT2D eigenvalue weighted by molar-refractivity contribution is 14.1. The van der Waals surface area contributed by atoms with Crippen LogP contribution in [0.3, 0.4) is 0 Å². The van der Waals surface area contributed by atoms with Gasteiger partial charge in [-0.2, -0.15) is 0 Å². The van der Waals surface area contributed by atoms with Crippen molar-refractivity contribution in [2.75, 3.05) is 4.43 Å². The van der Waals surface area contributed by atoms with Crippen molar-refractivity contribution in [2.24, 2.45) is 0 Å². The predicted molar refractivity (Wildman–Crippen MR) is 82.7 cm³/mol. The number of carbonyl (C=O) groups is 1. The molecule has 0 spiro atoms. The Kier molecular flexibility index (Phi) is 3.06. The molecule has 2 heterocycles. The molecule has 1 aliphatic heterocycles. The van der Waals surface area contributed by atoms with E-state index in [0.717, 1.165) is 25.4 Å². The van der Waals surface area contributed by atoms with Gasteiger partial charge >= 0.3 is 5.97 Å². The van der Waals surface area contributed by atoms with Gasteiger partial charge in [-0.15, -0.1) is 0 Å². The van der Waals surface area contributed by atoms with Crippen molar-refractivity contribution >= 4 is 62.1 Å². The Bertz CT molecular complexity index is 606. The number of nitrogens with zero attached hydrogens (tertiary/aromatic N) is 1. The van der Waals surface area contributed by atoms with Crippen LogP contribution in [-0.2, 0) is 11.3 Å². The second kappa shape index (κ2) is 4.42. The van der Waals surface area contributed by atoms with Crippen molar-refractivity contribution in [3.63, 3.8) is 0 Å². The number of esters is 1. The Morgan fingerprint density at radius 3 is 2.94 bits per heavy atom. The average Bonchev–Trinajstić information content (AvgIpc) is 2.64. The van der Waals surface area contributed by atoms with Crippen LogP contribution >= 0.6 is 45.2 Å². The lowest BCUT2D eigenvalue weighted by Gasteiger charge is -2.23. The Morgan fingerprint density at radius 2 is 2.18 bits per heavy atom. The number of para-hydroxylation sites is 1. The first-order chi connectivity index (χ1) is 8.22. The van der Waals surface area contributed by atoms with Crippen molar-refractivity contribution < 1.29 is 9.53 Å². The average molecular weight is 453 g/mol. The molecule has 0 bridgehead atoms. The van der Waals surface area contributed by atoms with Gasteiger partial charge in [0.25, 0.3) is 0 Å². The molecular formula is C12H9I2NO2. The second-order valence-corrected chi connectivity index (χ2v) is 5.93. The zero-order chi connectivity index (χ0) is 12.0. The highest BCUT2D eigenvalue weighted by Crippen LogP contribution is 2.31. The molecule has 0 amide bonds. The third kappa shape index (κ3) is 1.78. The third-order valence-electron chi connectivity index (χ3n) is 2.93. The number of alkyl halides is 1. The Morgan fingerprint density at radius 1 is 1.41 bits per heavy atom. The van der Waals surface area contributed by atoms with Gasteiger partial charge in [0.2, 0.25) is 0 Å². The van der Waals surface area contributed by atoms with E-state index in [0.29, 0.717) is 5.69 Å². The fraction of sp³-hybridized carbons (Fsp3) is 0.250. The van der Waals surface area contributed by atoms with Gasteiger partial charge in [-0.05, 0) is 28.7 Å². The molecule has 3 nitrogen and oxygen atoms in total. The molecule has 1 aromatic heterocycles. The number of halogens is 2. The summed E-state index contributed by atoms with van der Waals surface area (Å²) in [6, 6.07) is 8.11. The quantitative estimate of drug-likeness (QED) is 0.378. The van der Waals surface area contributed by atoms with Gasteiger partial charge in [0.15, 0.2) is 0 Å². The first-order valence-corrected chi connectivity index (χ1v) is 7.86. The Labute approximate surface area is 126 Å². The highest BCUT2D eigenvalue weighted by atomic mass is 127. The number of ether oxygens (including phenoxy) is 1. The maximum atomic E-state index is 12.0. The summed E-state index contributed by atoms with van der Waals surface area (Å²) in [5.41, 5.74) is 1.83. The molecule has 3 rings (SSSR count). The lowest BCUT2D eigenvalue weighted by atomic mass is 10.2. The van der Waals surface area contributed by atoms with E-state index < -0.39 is 0 Å². The second-order valence-electron chi connectivity index (χ2n) is 3.97. The smallest absolute Gasteiger partial charge is 0.356 e.